The molecule has 214 valence electrons. The highest BCUT2D eigenvalue weighted by Gasteiger charge is 2.27. The van der Waals surface area contributed by atoms with Crippen molar-refractivity contribution in [2.45, 2.75) is 63.8 Å². The smallest absolute Gasteiger partial charge is 0.339 e. The topological polar surface area (TPSA) is 115 Å². The van der Waals surface area contributed by atoms with Gasteiger partial charge in [-0.3, -0.25) is 4.79 Å². The molecule has 0 aliphatic rings. The Labute approximate surface area is 236 Å². The Bertz CT molecular complexity index is 1400. The number of anilines is 1. The average molecular weight is 567 g/mol. The predicted octanol–water partition coefficient (Wildman–Crippen LogP) is 5.77. The van der Waals surface area contributed by atoms with Crippen molar-refractivity contribution in [3.63, 3.8) is 0 Å². The van der Waals surface area contributed by atoms with Gasteiger partial charge in [-0.25, -0.2) is 13.2 Å². The lowest BCUT2D eigenvalue weighted by Gasteiger charge is -2.26. The lowest BCUT2D eigenvalue weighted by molar-refractivity contribution is -0.118. The number of carbonyl (C=O) groups excluding carboxylic acids is 1. The molecular formula is C31H38N2O6S. The summed E-state index contributed by atoms with van der Waals surface area (Å²) >= 11 is 0. The molecule has 1 amide bonds. The second kappa shape index (κ2) is 14.1. The van der Waals surface area contributed by atoms with Crippen LogP contribution in [0.15, 0.2) is 71.6 Å². The Morgan fingerprint density at radius 1 is 0.850 bits per heavy atom. The van der Waals surface area contributed by atoms with Crippen LogP contribution in [0.4, 0.5) is 5.69 Å². The number of hydrogen-bond acceptors (Lipinski definition) is 5. The van der Waals surface area contributed by atoms with E-state index in [2.05, 4.69) is 6.92 Å². The van der Waals surface area contributed by atoms with Crippen molar-refractivity contribution >= 4 is 27.6 Å². The summed E-state index contributed by atoms with van der Waals surface area (Å²) in [5, 5.41) is 19.5. The van der Waals surface area contributed by atoms with Gasteiger partial charge in [0.05, 0.1) is 18.0 Å². The lowest BCUT2D eigenvalue weighted by Crippen LogP contribution is -2.41. The number of aromatic carboxylic acids is 1. The Kier molecular flexibility index (Phi) is 10.9. The second-order valence-electron chi connectivity index (χ2n) is 10.0. The molecule has 9 heteroatoms. The molecular weight excluding hydrogens is 528 g/mol. The molecule has 40 heavy (non-hydrogen) atoms. The molecule has 0 aliphatic carbocycles. The zero-order chi connectivity index (χ0) is 29.3. The van der Waals surface area contributed by atoms with Gasteiger partial charge >= 0.3 is 5.97 Å². The zero-order valence-corrected chi connectivity index (χ0v) is 24.2. The van der Waals surface area contributed by atoms with E-state index in [1.54, 1.807) is 12.1 Å². The number of hydrogen-bond donors (Lipinski definition) is 2. The SMILES string of the molecule is CCCCCCCc1ccc(CN(C(=O)CN(C)S(=O)(=O)c2ccc(C)cc2)c2ccc(O)c(C(=O)O)c2)cc1. The third-order valence-corrected chi connectivity index (χ3v) is 8.66. The van der Waals surface area contributed by atoms with E-state index in [0.717, 1.165) is 28.3 Å². The summed E-state index contributed by atoms with van der Waals surface area (Å²) in [6.45, 7) is 3.67. The monoisotopic (exact) mass is 566 g/mol. The number of carbonyl (C=O) groups is 2. The fraction of sp³-hybridized carbons (Fsp3) is 0.355. The van der Waals surface area contributed by atoms with Crippen molar-refractivity contribution in [2.24, 2.45) is 0 Å². The molecule has 0 atom stereocenters. The molecule has 0 unspecified atom stereocenters. The van der Waals surface area contributed by atoms with E-state index in [1.807, 2.05) is 31.2 Å². The number of unbranched alkanes of at least 4 members (excludes halogenated alkanes) is 4. The van der Waals surface area contributed by atoms with Crippen molar-refractivity contribution in [1.29, 1.82) is 0 Å². The van der Waals surface area contributed by atoms with Crippen LogP contribution in [0.3, 0.4) is 0 Å². The van der Waals surface area contributed by atoms with Crippen molar-refractivity contribution in [2.75, 3.05) is 18.5 Å². The second-order valence-corrected chi connectivity index (χ2v) is 12.1. The third-order valence-electron chi connectivity index (χ3n) is 6.84. The minimum absolute atomic E-state index is 0.0722. The highest BCUT2D eigenvalue weighted by molar-refractivity contribution is 7.89. The maximum absolute atomic E-state index is 13.6. The summed E-state index contributed by atoms with van der Waals surface area (Å²) in [6.07, 6.45) is 6.93. The fourth-order valence-corrected chi connectivity index (χ4v) is 5.48. The number of carboxylic acid groups (broad SMARTS) is 1. The molecule has 0 fully saturated rings. The number of sulfonamides is 1. The quantitative estimate of drug-likeness (QED) is 0.240. The van der Waals surface area contributed by atoms with Crippen LogP contribution in [0, 0.1) is 6.92 Å². The van der Waals surface area contributed by atoms with Crippen LogP contribution in [0.1, 0.15) is 66.1 Å². The van der Waals surface area contributed by atoms with Gasteiger partial charge in [-0.1, -0.05) is 74.6 Å². The molecule has 3 aromatic carbocycles. The number of benzene rings is 3. The number of likely N-dealkylation sites (N-methyl/N-ethyl adjacent to an activating group) is 1. The standard InChI is InChI=1S/C31H38N2O6S/c1-4-5-6-7-8-9-24-12-14-25(15-13-24)21-33(26-16-19-29(34)28(20-26)31(36)37)30(35)22-32(3)40(38,39)27-17-10-23(2)11-18-27/h10-20,34H,4-9,21-22H2,1-3H3,(H,36,37). The van der Waals surface area contributed by atoms with Crippen molar-refractivity contribution in [1.82, 2.24) is 4.31 Å². The first-order chi connectivity index (χ1) is 19.0. The third kappa shape index (κ3) is 8.16. The molecule has 0 spiro atoms. The molecule has 3 rings (SSSR count). The minimum atomic E-state index is -3.94. The van der Waals surface area contributed by atoms with Crippen molar-refractivity contribution in [3.8, 4) is 5.75 Å². The first-order valence-corrected chi connectivity index (χ1v) is 14.9. The van der Waals surface area contributed by atoms with Crippen LogP contribution in [-0.2, 0) is 27.8 Å². The van der Waals surface area contributed by atoms with E-state index in [0.29, 0.717) is 0 Å². The Hall–Kier alpha value is -3.69. The van der Waals surface area contributed by atoms with Crippen molar-refractivity contribution < 1.29 is 28.2 Å². The van der Waals surface area contributed by atoms with Gasteiger partial charge in [0.2, 0.25) is 15.9 Å². The van der Waals surface area contributed by atoms with E-state index in [4.69, 9.17) is 0 Å². The summed E-state index contributed by atoms with van der Waals surface area (Å²) in [5.74, 6) is -2.31. The molecule has 3 aromatic rings. The van der Waals surface area contributed by atoms with Crippen LogP contribution < -0.4 is 4.90 Å². The molecule has 0 saturated heterocycles. The number of carboxylic acids is 1. The van der Waals surface area contributed by atoms with Gasteiger partial charge in [-0.05, 0) is 61.2 Å². The average Bonchev–Trinajstić information content (AvgIpc) is 2.92. The van der Waals surface area contributed by atoms with Gasteiger partial charge in [0.1, 0.15) is 11.3 Å². The number of phenols is 1. The number of amides is 1. The van der Waals surface area contributed by atoms with Gasteiger partial charge in [0, 0.05) is 12.7 Å². The molecule has 0 aliphatic heterocycles. The molecule has 0 heterocycles. The summed E-state index contributed by atoms with van der Waals surface area (Å²) in [4.78, 5) is 26.6. The summed E-state index contributed by atoms with van der Waals surface area (Å²) < 4.78 is 27.2. The Balaban J connectivity index is 1.83. The fourth-order valence-electron chi connectivity index (χ4n) is 4.36. The van der Waals surface area contributed by atoms with Crippen LogP contribution in [0.2, 0.25) is 0 Å². The number of nitrogens with zero attached hydrogens (tertiary/aromatic N) is 2. The summed E-state index contributed by atoms with van der Waals surface area (Å²) in [7, 11) is -2.60. The highest BCUT2D eigenvalue weighted by Crippen LogP contribution is 2.26. The van der Waals surface area contributed by atoms with Crippen LogP contribution in [0.5, 0.6) is 5.75 Å². The van der Waals surface area contributed by atoms with E-state index in [1.165, 1.54) is 73.5 Å². The molecule has 8 nitrogen and oxygen atoms in total. The van der Waals surface area contributed by atoms with E-state index in [9.17, 15) is 28.2 Å². The van der Waals surface area contributed by atoms with E-state index < -0.39 is 34.2 Å². The molecule has 0 aromatic heterocycles. The highest BCUT2D eigenvalue weighted by atomic mass is 32.2. The number of aromatic hydroxyl groups is 1. The zero-order valence-electron chi connectivity index (χ0n) is 23.3. The predicted molar refractivity (Wildman–Crippen MR) is 156 cm³/mol. The molecule has 0 radical (unpaired) electrons. The van der Waals surface area contributed by atoms with Gasteiger partial charge in [-0.15, -0.1) is 0 Å². The molecule has 0 saturated carbocycles. The summed E-state index contributed by atoms with van der Waals surface area (Å²) in [6, 6.07) is 18.1. The first-order valence-electron chi connectivity index (χ1n) is 13.5. The van der Waals surface area contributed by atoms with Gasteiger partial charge in [0.25, 0.3) is 0 Å². The molecule has 0 bridgehead atoms. The molecule has 2 N–H and O–H groups in total. The first kappa shape index (κ1) is 30.8. The van der Waals surface area contributed by atoms with Crippen molar-refractivity contribution in [3.05, 3.63) is 89.0 Å². The number of rotatable bonds is 14. The van der Waals surface area contributed by atoms with Crippen LogP contribution in [-0.4, -0.2) is 48.4 Å². The maximum Gasteiger partial charge on any atom is 0.339 e. The van der Waals surface area contributed by atoms with Gasteiger partial charge in [0.15, 0.2) is 0 Å². The van der Waals surface area contributed by atoms with Crippen LogP contribution >= 0.6 is 0 Å². The Morgan fingerprint density at radius 2 is 1.48 bits per heavy atom. The summed E-state index contributed by atoms with van der Waals surface area (Å²) in [5.41, 5.74) is 2.79. The minimum Gasteiger partial charge on any atom is -0.507 e. The van der Waals surface area contributed by atoms with E-state index in [-0.39, 0.29) is 22.7 Å². The van der Waals surface area contributed by atoms with Gasteiger partial charge < -0.3 is 15.1 Å². The van der Waals surface area contributed by atoms with Gasteiger partial charge in [-0.2, -0.15) is 4.31 Å². The van der Waals surface area contributed by atoms with Crippen LogP contribution in [0.25, 0.3) is 0 Å². The lowest BCUT2D eigenvalue weighted by atomic mass is 10.0. The largest absolute Gasteiger partial charge is 0.507 e. The normalized spacial score (nSPS) is 11.5. The maximum atomic E-state index is 13.6. The number of aryl methyl sites for hydroxylation is 2. The Morgan fingerprint density at radius 3 is 2.10 bits per heavy atom. The van der Waals surface area contributed by atoms with E-state index >= 15 is 0 Å².